The van der Waals surface area contributed by atoms with Crippen molar-refractivity contribution in [1.82, 2.24) is 0 Å². The number of ether oxygens (including phenoxy) is 2. The van der Waals surface area contributed by atoms with Crippen LogP contribution in [0.1, 0.15) is 31.8 Å². The van der Waals surface area contributed by atoms with Crippen LogP contribution in [0.4, 0.5) is 0 Å². The Morgan fingerprint density at radius 1 is 0.583 bits per heavy atom. The van der Waals surface area contributed by atoms with Crippen molar-refractivity contribution >= 4 is 56.9 Å². The second-order valence-electron chi connectivity index (χ2n) is 7.36. The molecular formula is C28H20Cl4O4. The third-order valence-corrected chi connectivity index (χ3v) is 5.98. The van der Waals surface area contributed by atoms with E-state index in [9.17, 15) is 9.59 Å². The molecule has 0 saturated carbocycles. The summed E-state index contributed by atoms with van der Waals surface area (Å²) in [5.74, 6) is 1.25. The second kappa shape index (κ2) is 13.9. The van der Waals surface area contributed by atoms with Crippen molar-refractivity contribution in [1.29, 1.82) is 0 Å². The van der Waals surface area contributed by atoms with E-state index in [0.717, 1.165) is 11.3 Å². The van der Waals surface area contributed by atoms with Gasteiger partial charge in [-0.15, -0.1) is 0 Å². The number of benzene rings is 4. The topological polar surface area (TPSA) is 52.6 Å². The van der Waals surface area contributed by atoms with Gasteiger partial charge in [0.2, 0.25) is 0 Å². The fourth-order valence-corrected chi connectivity index (χ4v) is 3.71. The van der Waals surface area contributed by atoms with Gasteiger partial charge in [-0.05, 0) is 83.4 Å². The third-order valence-electron chi connectivity index (χ3n) is 4.84. The van der Waals surface area contributed by atoms with Crippen LogP contribution in [0.15, 0.2) is 97.1 Å². The molecule has 0 unspecified atom stereocenters. The van der Waals surface area contributed by atoms with Crippen LogP contribution in [0.3, 0.4) is 0 Å². The largest absolute Gasteiger partial charge is 0.489 e. The predicted molar refractivity (Wildman–Crippen MR) is 145 cm³/mol. The van der Waals surface area contributed by atoms with Gasteiger partial charge in [0, 0.05) is 26.7 Å². The first-order valence-corrected chi connectivity index (χ1v) is 12.2. The lowest BCUT2D eigenvalue weighted by atomic mass is 10.2. The van der Waals surface area contributed by atoms with Crippen molar-refractivity contribution in [3.63, 3.8) is 0 Å². The van der Waals surface area contributed by atoms with Crippen molar-refractivity contribution in [2.24, 2.45) is 0 Å². The Kier molecular flexibility index (Phi) is 10.6. The van der Waals surface area contributed by atoms with Gasteiger partial charge in [-0.25, -0.2) is 0 Å². The molecule has 0 N–H and O–H groups in total. The zero-order valence-corrected chi connectivity index (χ0v) is 21.8. The first-order chi connectivity index (χ1) is 17.3. The number of halogens is 4. The van der Waals surface area contributed by atoms with Crippen LogP contribution < -0.4 is 9.47 Å². The maximum Gasteiger partial charge on any atom is 0.252 e. The van der Waals surface area contributed by atoms with Gasteiger partial charge in [0.1, 0.15) is 24.7 Å². The lowest BCUT2D eigenvalue weighted by molar-refractivity contribution is 0.107. The number of carbonyl (C=O) groups excluding carboxylic acids is 2. The van der Waals surface area contributed by atoms with E-state index in [1.54, 1.807) is 66.7 Å². The Balaban J connectivity index is 0.000000202. The predicted octanol–water partition coefficient (Wildman–Crippen LogP) is 8.60. The Labute approximate surface area is 229 Å². The molecule has 0 aromatic heterocycles. The highest BCUT2D eigenvalue weighted by Gasteiger charge is 2.08. The highest BCUT2D eigenvalue weighted by atomic mass is 35.5. The molecule has 8 heteroatoms. The Morgan fingerprint density at radius 2 is 1.17 bits per heavy atom. The van der Waals surface area contributed by atoms with Crippen molar-refractivity contribution in [3.8, 4) is 11.5 Å². The summed E-state index contributed by atoms with van der Waals surface area (Å²) in [7, 11) is 0. The monoisotopic (exact) mass is 560 g/mol. The molecule has 0 spiro atoms. The highest BCUT2D eigenvalue weighted by molar-refractivity contribution is 6.68. The average Bonchev–Trinajstić information content (AvgIpc) is 2.88. The highest BCUT2D eigenvalue weighted by Crippen LogP contribution is 2.26. The quantitative estimate of drug-likeness (QED) is 0.202. The summed E-state index contributed by atoms with van der Waals surface area (Å²) in [4.78, 5) is 21.9. The summed E-state index contributed by atoms with van der Waals surface area (Å²) in [5, 5.41) is 0.0926. The van der Waals surface area contributed by atoms with Gasteiger partial charge in [-0.1, -0.05) is 65.7 Å². The molecule has 0 atom stereocenters. The maximum atomic E-state index is 11.0. The smallest absolute Gasteiger partial charge is 0.252 e. The zero-order valence-electron chi connectivity index (χ0n) is 18.8. The zero-order chi connectivity index (χ0) is 25.9. The molecular weight excluding hydrogens is 542 g/mol. The molecule has 36 heavy (non-hydrogen) atoms. The van der Waals surface area contributed by atoms with E-state index in [0.29, 0.717) is 39.1 Å². The minimum Gasteiger partial charge on any atom is -0.489 e. The van der Waals surface area contributed by atoms with E-state index >= 15 is 0 Å². The number of rotatable bonds is 8. The van der Waals surface area contributed by atoms with Gasteiger partial charge in [-0.3, -0.25) is 9.59 Å². The van der Waals surface area contributed by atoms with Gasteiger partial charge in [0.05, 0.1) is 0 Å². The van der Waals surface area contributed by atoms with Gasteiger partial charge in [-0.2, -0.15) is 0 Å². The van der Waals surface area contributed by atoms with Crippen LogP contribution in [-0.4, -0.2) is 10.5 Å². The summed E-state index contributed by atoms with van der Waals surface area (Å²) >= 11 is 22.8. The first kappa shape index (κ1) is 27.6. The summed E-state index contributed by atoms with van der Waals surface area (Å²) in [6.45, 7) is 0.730. The molecule has 4 rings (SSSR count). The van der Waals surface area contributed by atoms with Gasteiger partial charge in [0.25, 0.3) is 10.5 Å². The maximum absolute atomic E-state index is 11.0. The molecule has 0 amide bonds. The molecule has 0 aliphatic heterocycles. The Hall–Kier alpha value is -3.02. The Morgan fingerprint density at radius 3 is 1.78 bits per heavy atom. The van der Waals surface area contributed by atoms with Crippen molar-refractivity contribution < 1.29 is 19.1 Å². The lowest BCUT2D eigenvalue weighted by Gasteiger charge is -2.09. The van der Waals surface area contributed by atoms with Crippen LogP contribution >= 0.6 is 46.4 Å². The lowest BCUT2D eigenvalue weighted by Crippen LogP contribution is -1.98. The Bertz CT molecular complexity index is 1290. The summed E-state index contributed by atoms with van der Waals surface area (Å²) < 4.78 is 11.1. The molecule has 0 aliphatic carbocycles. The molecule has 0 aliphatic rings. The van der Waals surface area contributed by atoms with Crippen LogP contribution in [0, 0.1) is 0 Å². The molecule has 0 fully saturated rings. The first-order valence-electron chi connectivity index (χ1n) is 10.7. The molecule has 0 bridgehead atoms. The van der Waals surface area contributed by atoms with Gasteiger partial charge >= 0.3 is 0 Å². The van der Waals surface area contributed by atoms with E-state index in [-0.39, 0.29) is 6.61 Å². The number of hydrogen-bond donors (Lipinski definition) is 0. The van der Waals surface area contributed by atoms with Crippen LogP contribution in [0.25, 0.3) is 0 Å². The van der Waals surface area contributed by atoms with Crippen LogP contribution in [-0.2, 0) is 13.2 Å². The minimum atomic E-state index is -0.527. The standard InChI is InChI=1S/C14H9Cl3O2.C14H11ClO2/c15-12-5-2-6-13(16)11(12)8-19-10-4-1-3-9(7-10)14(17)18;15-14(16)12-6-8-13(9-7-12)17-10-11-4-2-1-3-5-11/h1-7H,8H2;1-9H,10H2. The van der Waals surface area contributed by atoms with E-state index in [2.05, 4.69) is 0 Å². The van der Waals surface area contributed by atoms with E-state index in [1.807, 2.05) is 30.3 Å². The molecule has 184 valence electrons. The van der Waals surface area contributed by atoms with E-state index in [4.69, 9.17) is 55.9 Å². The summed E-state index contributed by atoms with van der Waals surface area (Å²) in [6.07, 6.45) is 0. The van der Waals surface area contributed by atoms with Crippen molar-refractivity contribution in [2.75, 3.05) is 0 Å². The van der Waals surface area contributed by atoms with Crippen molar-refractivity contribution in [2.45, 2.75) is 13.2 Å². The minimum absolute atomic E-state index is 0.221. The van der Waals surface area contributed by atoms with E-state index in [1.165, 1.54) is 0 Å². The summed E-state index contributed by atoms with van der Waals surface area (Å²) in [5.41, 5.74) is 2.65. The fourth-order valence-electron chi connectivity index (χ4n) is 2.96. The molecule has 0 radical (unpaired) electrons. The number of hydrogen-bond acceptors (Lipinski definition) is 4. The van der Waals surface area contributed by atoms with Gasteiger partial charge < -0.3 is 9.47 Å². The molecule has 4 nitrogen and oxygen atoms in total. The summed E-state index contributed by atoms with van der Waals surface area (Å²) in [6, 6.07) is 28.5. The van der Waals surface area contributed by atoms with E-state index < -0.39 is 10.5 Å². The SMILES string of the molecule is O=C(Cl)c1ccc(OCc2ccccc2)cc1.O=C(Cl)c1cccc(OCc2c(Cl)cccc2Cl)c1. The normalized spacial score (nSPS) is 10.1. The fraction of sp³-hybridized carbons (Fsp3) is 0.0714. The second-order valence-corrected chi connectivity index (χ2v) is 8.86. The number of carbonyl (C=O) groups is 2. The van der Waals surface area contributed by atoms with Gasteiger partial charge in [0.15, 0.2) is 0 Å². The molecule has 4 aromatic carbocycles. The average molecular weight is 562 g/mol. The van der Waals surface area contributed by atoms with Crippen molar-refractivity contribution in [3.05, 3.63) is 129 Å². The molecule has 4 aromatic rings. The third kappa shape index (κ3) is 8.58. The molecule has 0 saturated heterocycles. The molecule has 0 heterocycles. The van der Waals surface area contributed by atoms with Crippen LogP contribution in [0.5, 0.6) is 11.5 Å². The van der Waals surface area contributed by atoms with Crippen LogP contribution in [0.2, 0.25) is 10.0 Å².